The Morgan fingerprint density at radius 1 is 1.33 bits per heavy atom. The molecule has 92 valence electrons. The summed E-state index contributed by atoms with van der Waals surface area (Å²) in [6.45, 7) is 0.102. The third-order valence-corrected chi connectivity index (χ3v) is 2.93. The predicted octanol–water partition coefficient (Wildman–Crippen LogP) is 2.36. The van der Waals surface area contributed by atoms with E-state index in [1.54, 1.807) is 0 Å². The summed E-state index contributed by atoms with van der Waals surface area (Å²) in [5.41, 5.74) is 0.416. The lowest BCUT2D eigenvalue weighted by Gasteiger charge is -2.07. The summed E-state index contributed by atoms with van der Waals surface area (Å²) in [6, 6.07) is 7.47. The van der Waals surface area contributed by atoms with Crippen molar-refractivity contribution in [2.75, 3.05) is 0 Å². The summed E-state index contributed by atoms with van der Waals surface area (Å²) in [5.74, 6) is -0.387. The van der Waals surface area contributed by atoms with Crippen LogP contribution >= 0.6 is 22.6 Å². The van der Waals surface area contributed by atoms with Gasteiger partial charge in [-0.05, 0) is 46.9 Å². The van der Waals surface area contributed by atoms with E-state index in [0.29, 0.717) is 11.4 Å². The minimum absolute atomic E-state index is 0.0583. The van der Waals surface area contributed by atoms with Gasteiger partial charge in [-0.2, -0.15) is 0 Å². The van der Waals surface area contributed by atoms with Crippen LogP contribution in [0, 0.1) is 3.57 Å². The van der Waals surface area contributed by atoms with Crippen LogP contribution in [0.2, 0.25) is 0 Å². The molecule has 0 amide bonds. The van der Waals surface area contributed by atoms with Gasteiger partial charge in [0.1, 0.15) is 24.2 Å². The molecule has 0 radical (unpaired) electrons. The summed E-state index contributed by atoms with van der Waals surface area (Å²) in [5, 5.41) is 8.96. The molecule has 2 rings (SSSR count). The molecule has 1 aromatic carbocycles. The Balaban J connectivity index is 2.10. The summed E-state index contributed by atoms with van der Waals surface area (Å²) < 4.78 is 6.59. The van der Waals surface area contributed by atoms with Gasteiger partial charge in [0.15, 0.2) is 0 Å². The van der Waals surface area contributed by atoms with E-state index >= 15 is 0 Å². The number of aromatic carboxylic acids is 1. The van der Waals surface area contributed by atoms with Crippen LogP contribution in [0.15, 0.2) is 36.8 Å². The second kappa shape index (κ2) is 5.76. The van der Waals surface area contributed by atoms with E-state index in [0.717, 1.165) is 3.57 Å². The highest BCUT2D eigenvalue weighted by atomic mass is 127. The second-order valence-corrected chi connectivity index (χ2v) is 4.68. The van der Waals surface area contributed by atoms with Gasteiger partial charge in [-0.25, -0.2) is 14.8 Å². The second-order valence-electron chi connectivity index (χ2n) is 3.43. The van der Waals surface area contributed by atoms with Crippen molar-refractivity contribution in [3.8, 4) is 5.75 Å². The van der Waals surface area contributed by atoms with Crippen LogP contribution in [0.25, 0.3) is 0 Å². The number of nitrogens with zero attached hydrogens (tertiary/aromatic N) is 2. The number of halogens is 1. The smallest absolute Gasteiger partial charge is 0.339 e. The molecule has 0 saturated heterocycles. The fourth-order valence-corrected chi connectivity index (χ4v) is 1.69. The molecule has 0 aliphatic carbocycles. The van der Waals surface area contributed by atoms with Crippen LogP contribution in [0.4, 0.5) is 0 Å². The molecule has 1 aromatic heterocycles. The topological polar surface area (TPSA) is 72.3 Å². The van der Waals surface area contributed by atoms with Crippen molar-refractivity contribution in [3.63, 3.8) is 0 Å². The van der Waals surface area contributed by atoms with Crippen molar-refractivity contribution in [2.24, 2.45) is 0 Å². The molecule has 0 aliphatic rings. The number of ether oxygens (including phenoxy) is 1. The largest absolute Gasteiger partial charge is 0.487 e. The quantitative estimate of drug-likeness (QED) is 0.852. The maximum absolute atomic E-state index is 10.9. The molecule has 0 aliphatic heterocycles. The molecule has 0 saturated carbocycles. The molecule has 6 heteroatoms. The summed E-state index contributed by atoms with van der Waals surface area (Å²) >= 11 is 2.20. The maximum Gasteiger partial charge on any atom is 0.339 e. The van der Waals surface area contributed by atoms with Crippen molar-refractivity contribution in [1.29, 1.82) is 0 Å². The molecule has 0 bridgehead atoms. The zero-order chi connectivity index (χ0) is 13.0. The van der Waals surface area contributed by atoms with E-state index in [2.05, 4.69) is 32.6 Å². The number of carboxylic acid groups (broad SMARTS) is 1. The molecular weight excluding hydrogens is 347 g/mol. The Morgan fingerprint density at radius 2 is 2.06 bits per heavy atom. The number of hydrogen-bond donors (Lipinski definition) is 1. The van der Waals surface area contributed by atoms with E-state index in [4.69, 9.17) is 9.84 Å². The highest BCUT2D eigenvalue weighted by Gasteiger charge is 2.11. The summed E-state index contributed by atoms with van der Waals surface area (Å²) in [4.78, 5) is 18.5. The van der Waals surface area contributed by atoms with Crippen LogP contribution in [0.5, 0.6) is 5.75 Å². The predicted molar refractivity (Wildman–Crippen MR) is 72.5 cm³/mol. The molecule has 0 fully saturated rings. The molecule has 1 heterocycles. The average molecular weight is 356 g/mol. The first kappa shape index (κ1) is 12.7. The van der Waals surface area contributed by atoms with Gasteiger partial charge in [-0.3, -0.25) is 0 Å². The minimum Gasteiger partial charge on any atom is -0.487 e. The van der Waals surface area contributed by atoms with Gasteiger partial charge >= 0.3 is 5.97 Å². The van der Waals surface area contributed by atoms with Gasteiger partial charge in [0.25, 0.3) is 0 Å². The zero-order valence-corrected chi connectivity index (χ0v) is 11.4. The number of benzene rings is 1. The van der Waals surface area contributed by atoms with Crippen molar-refractivity contribution in [1.82, 2.24) is 9.97 Å². The number of rotatable bonds is 4. The van der Waals surface area contributed by atoms with Gasteiger partial charge in [-0.1, -0.05) is 0 Å². The lowest BCUT2D eigenvalue weighted by molar-refractivity contribution is 0.0692. The number of carboxylic acids is 1. The van der Waals surface area contributed by atoms with Crippen LogP contribution < -0.4 is 4.74 Å². The van der Waals surface area contributed by atoms with Crippen molar-refractivity contribution >= 4 is 28.6 Å². The molecule has 0 unspecified atom stereocenters. The fraction of sp³-hybridized carbons (Fsp3) is 0.0833. The Morgan fingerprint density at radius 3 is 2.72 bits per heavy atom. The molecule has 5 nitrogen and oxygen atoms in total. The summed E-state index contributed by atoms with van der Waals surface area (Å²) in [6.07, 6.45) is 2.57. The Hall–Kier alpha value is -1.70. The highest BCUT2D eigenvalue weighted by Crippen LogP contribution is 2.15. The fourth-order valence-electron chi connectivity index (χ4n) is 1.33. The van der Waals surface area contributed by atoms with Gasteiger partial charge in [0, 0.05) is 9.77 Å². The van der Waals surface area contributed by atoms with Gasteiger partial charge in [0.2, 0.25) is 0 Å². The maximum atomic E-state index is 10.9. The first-order chi connectivity index (χ1) is 8.66. The Labute approximate surface area is 117 Å². The minimum atomic E-state index is -1.06. The van der Waals surface area contributed by atoms with E-state index in [1.807, 2.05) is 24.3 Å². The number of carbonyl (C=O) groups is 1. The van der Waals surface area contributed by atoms with Crippen molar-refractivity contribution < 1.29 is 14.6 Å². The Kier molecular flexibility index (Phi) is 4.08. The first-order valence-electron chi connectivity index (χ1n) is 5.07. The lowest BCUT2D eigenvalue weighted by atomic mass is 10.2. The molecule has 1 N–H and O–H groups in total. The van der Waals surface area contributed by atoms with Crippen molar-refractivity contribution in [3.05, 3.63) is 51.6 Å². The van der Waals surface area contributed by atoms with Crippen LogP contribution in [0.1, 0.15) is 16.1 Å². The standard InChI is InChI=1S/C12H9IN2O3/c13-8-1-3-9(4-2-8)18-6-11-10(12(16)17)5-14-7-15-11/h1-5,7H,6H2,(H,16,17). The third-order valence-electron chi connectivity index (χ3n) is 2.21. The molecule has 0 spiro atoms. The van der Waals surface area contributed by atoms with Crippen molar-refractivity contribution in [2.45, 2.75) is 6.61 Å². The highest BCUT2D eigenvalue weighted by molar-refractivity contribution is 14.1. The van der Waals surface area contributed by atoms with Gasteiger partial charge < -0.3 is 9.84 Å². The van der Waals surface area contributed by atoms with E-state index in [1.165, 1.54) is 12.5 Å². The van der Waals surface area contributed by atoms with E-state index in [9.17, 15) is 4.79 Å². The van der Waals surface area contributed by atoms with Crippen LogP contribution in [-0.4, -0.2) is 21.0 Å². The summed E-state index contributed by atoms with van der Waals surface area (Å²) in [7, 11) is 0. The molecular formula is C12H9IN2O3. The van der Waals surface area contributed by atoms with Gasteiger partial charge in [0.05, 0.1) is 5.69 Å². The monoisotopic (exact) mass is 356 g/mol. The molecule has 18 heavy (non-hydrogen) atoms. The third kappa shape index (κ3) is 3.16. The van der Waals surface area contributed by atoms with Crippen LogP contribution in [-0.2, 0) is 6.61 Å². The zero-order valence-electron chi connectivity index (χ0n) is 9.21. The van der Waals surface area contributed by atoms with E-state index in [-0.39, 0.29) is 12.2 Å². The SMILES string of the molecule is O=C(O)c1cncnc1COc1ccc(I)cc1. The van der Waals surface area contributed by atoms with E-state index < -0.39 is 5.97 Å². The molecule has 0 atom stereocenters. The normalized spacial score (nSPS) is 10.1. The van der Waals surface area contributed by atoms with Gasteiger partial charge in [-0.15, -0.1) is 0 Å². The lowest BCUT2D eigenvalue weighted by Crippen LogP contribution is -2.08. The average Bonchev–Trinajstić information content (AvgIpc) is 2.38. The number of hydrogen-bond acceptors (Lipinski definition) is 4. The Bertz CT molecular complexity index is 558. The number of aromatic nitrogens is 2. The molecule has 2 aromatic rings. The van der Waals surface area contributed by atoms with Crippen LogP contribution in [0.3, 0.4) is 0 Å². The first-order valence-corrected chi connectivity index (χ1v) is 6.15.